The molecular weight excluding hydrogens is 466 g/mol. The molecule has 0 unspecified atom stereocenters. The molecule has 0 N–H and O–H groups in total. The number of hydrogen-bond acceptors (Lipinski definition) is 11. The van der Waals surface area contributed by atoms with Gasteiger partial charge in [0.15, 0.2) is 0 Å². The molecule has 11 nitrogen and oxygen atoms in total. The third-order valence-electron chi connectivity index (χ3n) is 4.61. The minimum Gasteiger partial charge on any atom is -0.474 e. The van der Waals surface area contributed by atoms with Gasteiger partial charge in [-0.05, 0) is 38.1 Å². The fourth-order valence-corrected chi connectivity index (χ4v) is 2.82. The Kier molecular flexibility index (Phi) is 12.5. The zero-order valence-corrected chi connectivity index (χ0v) is 20.8. The quantitative estimate of drug-likeness (QED) is 0.240. The predicted molar refractivity (Wildman–Crippen MR) is 130 cm³/mol. The Balaban J connectivity index is 1.15. The average Bonchev–Trinajstić information content (AvgIpc) is 2.89. The summed E-state index contributed by atoms with van der Waals surface area (Å²) in [5.74, 6) is 0.976. The Morgan fingerprint density at radius 2 is 0.944 bits per heavy atom. The van der Waals surface area contributed by atoms with Crippen LogP contribution in [0.15, 0.2) is 42.5 Å². The number of aryl methyl sites for hydroxylation is 2. The lowest BCUT2D eigenvalue weighted by atomic mass is 10.3. The van der Waals surface area contributed by atoms with Crippen molar-refractivity contribution in [1.29, 1.82) is 0 Å². The predicted octanol–water partition coefficient (Wildman–Crippen LogP) is 2.50. The maximum absolute atomic E-state index is 5.64. The molecule has 194 valence electrons. The third kappa shape index (κ3) is 11.5. The molecule has 0 atom stereocenters. The fraction of sp³-hybridized carbons (Fsp3) is 0.480. The molecule has 3 rings (SSSR count). The van der Waals surface area contributed by atoms with Gasteiger partial charge < -0.3 is 28.4 Å². The molecule has 3 aromatic rings. The molecule has 0 aromatic carbocycles. The summed E-state index contributed by atoms with van der Waals surface area (Å²) >= 11 is 0. The minimum absolute atomic E-state index is 0.404. The molecule has 3 aromatic heterocycles. The highest BCUT2D eigenvalue weighted by Crippen LogP contribution is 2.05. The van der Waals surface area contributed by atoms with Crippen molar-refractivity contribution in [3.63, 3.8) is 0 Å². The highest BCUT2D eigenvalue weighted by molar-refractivity contribution is 5.11. The molecule has 0 fully saturated rings. The summed E-state index contributed by atoms with van der Waals surface area (Å²) < 4.78 is 33.2. The number of hydrogen-bond donors (Lipinski definition) is 0. The topological polar surface area (TPSA) is 120 Å². The second-order valence-electron chi connectivity index (χ2n) is 7.67. The number of aromatic nitrogens is 5. The molecule has 0 bridgehead atoms. The van der Waals surface area contributed by atoms with Crippen molar-refractivity contribution in [2.45, 2.75) is 27.1 Å². The zero-order chi connectivity index (χ0) is 25.3. The Labute approximate surface area is 211 Å². The van der Waals surface area contributed by atoms with E-state index in [1.165, 1.54) is 0 Å². The van der Waals surface area contributed by atoms with E-state index in [-0.39, 0.29) is 0 Å². The van der Waals surface area contributed by atoms with E-state index in [2.05, 4.69) is 25.4 Å². The smallest absolute Gasteiger partial charge is 0.233 e. The van der Waals surface area contributed by atoms with Crippen molar-refractivity contribution in [1.82, 2.24) is 25.4 Å². The molecule has 0 aliphatic heterocycles. The highest BCUT2D eigenvalue weighted by atomic mass is 16.6. The van der Waals surface area contributed by atoms with E-state index in [9.17, 15) is 0 Å². The Morgan fingerprint density at radius 3 is 1.39 bits per heavy atom. The molecule has 0 saturated carbocycles. The summed E-state index contributed by atoms with van der Waals surface area (Å²) in [6.45, 7) is 8.12. The van der Waals surface area contributed by atoms with Gasteiger partial charge in [0.25, 0.3) is 0 Å². The van der Waals surface area contributed by atoms with Gasteiger partial charge in [-0.15, -0.1) is 10.2 Å². The molecule has 0 saturated heterocycles. The van der Waals surface area contributed by atoms with E-state index in [0.29, 0.717) is 77.8 Å². The van der Waals surface area contributed by atoms with E-state index in [1.807, 2.05) is 44.2 Å². The summed E-state index contributed by atoms with van der Waals surface area (Å²) in [4.78, 5) is 4.55. The van der Waals surface area contributed by atoms with Crippen LogP contribution in [0.4, 0.5) is 0 Å². The van der Waals surface area contributed by atoms with Crippen LogP contribution >= 0.6 is 0 Å². The molecule has 0 aliphatic carbocycles. The molecule has 0 radical (unpaired) electrons. The number of ether oxygens (including phenoxy) is 6. The zero-order valence-electron chi connectivity index (χ0n) is 20.8. The van der Waals surface area contributed by atoms with E-state index >= 15 is 0 Å². The normalized spacial score (nSPS) is 10.9. The average molecular weight is 500 g/mol. The molecule has 0 aliphatic rings. The largest absolute Gasteiger partial charge is 0.474 e. The van der Waals surface area contributed by atoms with Crippen molar-refractivity contribution >= 4 is 0 Å². The first-order valence-electron chi connectivity index (χ1n) is 11.8. The lowest BCUT2D eigenvalue weighted by Crippen LogP contribution is -2.12. The van der Waals surface area contributed by atoms with Crippen LogP contribution in [0.1, 0.15) is 22.8 Å². The van der Waals surface area contributed by atoms with Crippen LogP contribution in [0.2, 0.25) is 0 Å². The Bertz CT molecular complexity index is 914. The molecule has 11 heteroatoms. The minimum atomic E-state index is 0.404. The molecule has 36 heavy (non-hydrogen) atoms. The maximum atomic E-state index is 5.64. The first kappa shape index (κ1) is 27.3. The van der Waals surface area contributed by atoms with Crippen LogP contribution in [-0.2, 0) is 32.2 Å². The third-order valence-corrected chi connectivity index (χ3v) is 4.61. The van der Waals surface area contributed by atoms with Crippen LogP contribution < -0.4 is 9.47 Å². The van der Waals surface area contributed by atoms with Gasteiger partial charge in [0.05, 0.1) is 75.6 Å². The second-order valence-corrected chi connectivity index (χ2v) is 7.67. The summed E-state index contributed by atoms with van der Waals surface area (Å²) in [6, 6.07) is 13.0. The lowest BCUT2D eigenvalue weighted by Gasteiger charge is -2.09. The van der Waals surface area contributed by atoms with Crippen LogP contribution in [0.5, 0.6) is 11.8 Å². The molecular formula is C25H33N5O6. The van der Waals surface area contributed by atoms with Crippen molar-refractivity contribution in [2.75, 3.05) is 52.9 Å². The summed E-state index contributed by atoms with van der Waals surface area (Å²) in [5, 5.41) is 15.7. The van der Waals surface area contributed by atoms with Crippen molar-refractivity contribution in [3.8, 4) is 11.8 Å². The van der Waals surface area contributed by atoms with E-state index in [4.69, 9.17) is 28.4 Å². The molecule has 0 spiro atoms. The molecule has 3 heterocycles. The van der Waals surface area contributed by atoms with Gasteiger partial charge >= 0.3 is 0 Å². The van der Waals surface area contributed by atoms with Gasteiger partial charge in [-0.2, -0.15) is 10.2 Å². The SMILES string of the molecule is Cc1ccc(OCCOCCOCc2cccc(COCCOCCOc3ccc(C)nn3)n2)nn1. The van der Waals surface area contributed by atoms with Crippen molar-refractivity contribution in [3.05, 3.63) is 65.2 Å². The lowest BCUT2D eigenvalue weighted by molar-refractivity contribution is 0.0265. The first-order chi connectivity index (χ1) is 17.7. The first-order valence-corrected chi connectivity index (χ1v) is 11.8. The Hall–Kier alpha value is -3.25. The Morgan fingerprint density at radius 1 is 0.500 bits per heavy atom. The highest BCUT2D eigenvalue weighted by Gasteiger charge is 2.01. The summed E-state index contributed by atoms with van der Waals surface area (Å²) in [7, 11) is 0. The van der Waals surface area contributed by atoms with Crippen LogP contribution in [0.3, 0.4) is 0 Å². The molecule has 0 amide bonds. The van der Waals surface area contributed by atoms with E-state index in [0.717, 1.165) is 22.8 Å². The van der Waals surface area contributed by atoms with E-state index in [1.54, 1.807) is 12.1 Å². The van der Waals surface area contributed by atoms with E-state index < -0.39 is 0 Å². The van der Waals surface area contributed by atoms with Gasteiger partial charge in [0.1, 0.15) is 13.2 Å². The monoisotopic (exact) mass is 499 g/mol. The van der Waals surface area contributed by atoms with Gasteiger partial charge in [0, 0.05) is 12.1 Å². The standard InChI is InChI=1S/C25H33N5O6/c1-20-6-8-24(29-27-20)35-16-14-31-10-12-33-18-22-4-3-5-23(26-22)19-34-13-11-32-15-17-36-25-9-7-21(2)28-30-25/h3-9H,10-19H2,1-2H3. The summed E-state index contributed by atoms with van der Waals surface area (Å²) in [6.07, 6.45) is 0. The number of pyridine rings is 1. The fourth-order valence-electron chi connectivity index (χ4n) is 2.82. The maximum Gasteiger partial charge on any atom is 0.233 e. The van der Waals surface area contributed by atoms with Gasteiger partial charge in [-0.1, -0.05) is 6.07 Å². The van der Waals surface area contributed by atoms with Crippen LogP contribution in [0.25, 0.3) is 0 Å². The van der Waals surface area contributed by atoms with Gasteiger partial charge in [-0.25, -0.2) is 0 Å². The summed E-state index contributed by atoms with van der Waals surface area (Å²) in [5.41, 5.74) is 3.37. The van der Waals surface area contributed by atoms with Crippen molar-refractivity contribution < 1.29 is 28.4 Å². The van der Waals surface area contributed by atoms with Crippen LogP contribution in [0, 0.1) is 13.8 Å². The van der Waals surface area contributed by atoms with Crippen molar-refractivity contribution in [2.24, 2.45) is 0 Å². The van der Waals surface area contributed by atoms with Gasteiger partial charge in [-0.3, -0.25) is 4.98 Å². The number of nitrogens with zero attached hydrogens (tertiary/aromatic N) is 5. The van der Waals surface area contributed by atoms with Gasteiger partial charge in [0.2, 0.25) is 11.8 Å². The number of rotatable bonds is 18. The second kappa shape index (κ2) is 16.4. The van der Waals surface area contributed by atoms with Crippen LogP contribution in [-0.4, -0.2) is 78.2 Å².